The summed E-state index contributed by atoms with van der Waals surface area (Å²) in [6.07, 6.45) is 1.20. The van der Waals surface area contributed by atoms with Crippen molar-refractivity contribution in [3.8, 4) is 0 Å². The number of rotatable bonds is 4. The van der Waals surface area contributed by atoms with Gasteiger partial charge in [-0.05, 0) is 17.7 Å². The monoisotopic (exact) mass is 303 g/mol. The van der Waals surface area contributed by atoms with Gasteiger partial charge in [0.2, 0.25) is 5.09 Å². The van der Waals surface area contributed by atoms with E-state index in [-0.39, 0.29) is 5.56 Å². The number of nitrogens with two attached hydrogens (primary N) is 1. The van der Waals surface area contributed by atoms with Crippen LogP contribution in [0.1, 0.15) is 15.9 Å². The van der Waals surface area contributed by atoms with Crippen LogP contribution in [0.15, 0.2) is 65.8 Å². The van der Waals surface area contributed by atoms with Crippen molar-refractivity contribution in [3.63, 3.8) is 0 Å². The van der Waals surface area contributed by atoms with Gasteiger partial charge in [-0.25, -0.2) is 18.4 Å². The summed E-state index contributed by atoms with van der Waals surface area (Å²) in [7, 11) is -4.15. The summed E-state index contributed by atoms with van der Waals surface area (Å²) in [4.78, 5) is 11.9. The normalized spacial score (nSPS) is 12.0. The lowest BCUT2D eigenvalue weighted by molar-refractivity contribution is 0.0650. The van der Waals surface area contributed by atoms with E-state index in [0.29, 0.717) is 5.56 Å². The molecule has 0 fully saturated rings. The molecule has 5 nitrogen and oxygen atoms in total. The van der Waals surface area contributed by atoms with Crippen molar-refractivity contribution in [1.29, 1.82) is 0 Å². The minimum atomic E-state index is -4.15. The van der Waals surface area contributed by atoms with Gasteiger partial charge in [0.25, 0.3) is 10.0 Å². The summed E-state index contributed by atoms with van der Waals surface area (Å²) in [6, 6.07) is 16.6. The highest BCUT2D eigenvalue weighted by molar-refractivity contribution is 7.93. The Balaban J connectivity index is 2.31. The lowest BCUT2D eigenvalue weighted by Crippen LogP contribution is -2.19. The summed E-state index contributed by atoms with van der Waals surface area (Å²) in [5.74, 6) is -0.785. The predicted molar refractivity (Wildman–Crippen MR) is 79.4 cm³/mol. The third-order valence-corrected chi connectivity index (χ3v) is 3.33. The first kappa shape index (κ1) is 15.0. The fourth-order valence-corrected chi connectivity index (χ4v) is 2.07. The van der Waals surface area contributed by atoms with Crippen molar-refractivity contribution in [2.75, 3.05) is 0 Å². The molecule has 0 aliphatic heterocycles. The minimum Gasteiger partial charge on any atom is -0.409 e. The number of carbonyl (C=O) groups is 1. The van der Waals surface area contributed by atoms with Crippen LogP contribution < -0.4 is 5.14 Å². The van der Waals surface area contributed by atoms with E-state index in [4.69, 9.17) is 9.88 Å². The summed E-state index contributed by atoms with van der Waals surface area (Å²) < 4.78 is 28.0. The largest absolute Gasteiger partial charge is 0.409 e. The van der Waals surface area contributed by atoms with Crippen LogP contribution >= 0.6 is 0 Å². The first-order chi connectivity index (χ1) is 9.97. The molecule has 2 N–H and O–H groups in total. The molecule has 0 aliphatic rings. The molecule has 0 aromatic heterocycles. The van der Waals surface area contributed by atoms with Gasteiger partial charge in [-0.15, -0.1) is 0 Å². The van der Waals surface area contributed by atoms with E-state index in [0.717, 1.165) is 0 Å². The number of primary sulfonamides is 1. The van der Waals surface area contributed by atoms with Crippen LogP contribution in [0.5, 0.6) is 0 Å². The third-order valence-electron chi connectivity index (χ3n) is 2.57. The van der Waals surface area contributed by atoms with Crippen molar-refractivity contribution in [2.24, 2.45) is 5.14 Å². The Hall–Kier alpha value is -2.44. The van der Waals surface area contributed by atoms with Crippen LogP contribution in [-0.4, -0.2) is 14.4 Å². The molecule has 0 bridgehead atoms. The van der Waals surface area contributed by atoms with E-state index in [9.17, 15) is 13.2 Å². The third kappa shape index (κ3) is 4.27. The first-order valence-corrected chi connectivity index (χ1v) is 7.58. The van der Waals surface area contributed by atoms with Gasteiger partial charge in [-0.1, -0.05) is 48.5 Å². The molecule has 108 valence electrons. The van der Waals surface area contributed by atoms with Gasteiger partial charge in [-0.2, -0.15) is 0 Å². The highest BCUT2D eigenvalue weighted by Gasteiger charge is 2.19. The summed E-state index contributed by atoms with van der Waals surface area (Å²) in [6.45, 7) is 0. The molecule has 21 heavy (non-hydrogen) atoms. The van der Waals surface area contributed by atoms with Gasteiger partial charge in [-0.3, -0.25) is 0 Å². The molecule has 0 unspecified atom stereocenters. The fraction of sp³-hybridized carbons (Fsp3) is 0. The molecule has 0 atom stereocenters. The van der Waals surface area contributed by atoms with Gasteiger partial charge < -0.3 is 4.74 Å². The van der Waals surface area contributed by atoms with Crippen LogP contribution in [0.25, 0.3) is 6.08 Å². The lowest BCUT2D eigenvalue weighted by Gasteiger charge is -2.07. The molecule has 2 rings (SSSR count). The Labute approximate surface area is 122 Å². The molecular weight excluding hydrogens is 290 g/mol. The van der Waals surface area contributed by atoms with E-state index in [1.54, 1.807) is 48.5 Å². The highest BCUT2D eigenvalue weighted by Crippen LogP contribution is 2.14. The number of ether oxygens (including phenoxy) is 1. The van der Waals surface area contributed by atoms with Gasteiger partial charge in [0, 0.05) is 6.08 Å². The Morgan fingerprint density at radius 1 is 0.952 bits per heavy atom. The SMILES string of the molecule is NS(=O)(=O)/C(=C/c1ccccc1)OC(=O)c1ccccc1. The van der Waals surface area contributed by atoms with Gasteiger partial charge in [0.05, 0.1) is 5.56 Å². The highest BCUT2D eigenvalue weighted by atomic mass is 32.2. The van der Waals surface area contributed by atoms with Gasteiger partial charge >= 0.3 is 5.97 Å². The van der Waals surface area contributed by atoms with Crippen LogP contribution in [0.3, 0.4) is 0 Å². The lowest BCUT2D eigenvalue weighted by atomic mass is 10.2. The fourth-order valence-electron chi connectivity index (χ4n) is 1.58. The van der Waals surface area contributed by atoms with Crippen molar-refractivity contribution in [3.05, 3.63) is 76.9 Å². The topological polar surface area (TPSA) is 86.5 Å². The molecule has 0 radical (unpaired) electrons. The van der Waals surface area contributed by atoms with Crippen LogP contribution in [0, 0.1) is 0 Å². The second kappa shape index (κ2) is 6.34. The molecule has 6 heteroatoms. The second-order valence-corrected chi connectivity index (χ2v) is 5.67. The van der Waals surface area contributed by atoms with Crippen molar-refractivity contribution in [1.82, 2.24) is 0 Å². The van der Waals surface area contributed by atoms with Gasteiger partial charge in [0.15, 0.2) is 0 Å². The van der Waals surface area contributed by atoms with E-state index >= 15 is 0 Å². The number of sulfonamides is 1. The number of hydrogen-bond acceptors (Lipinski definition) is 4. The van der Waals surface area contributed by atoms with Crippen LogP contribution in [0.4, 0.5) is 0 Å². The van der Waals surface area contributed by atoms with E-state index in [1.165, 1.54) is 18.2 Å². The Kier molecular flexibility index (Phi) is 4.52. The zero-order chi connectivity index (χ0) is 15.3. The quantitative estimate of drug-likeness (QED) is 0.692. The van der Waals surface area contributed by atoms with E-state index in [2.05, 4.69) is 0 Å². The van der Waals surface area contributed by atoms with Crippen molar-refractivity contribution >= 4 is 22.1 Å². The molecule has 0 aliphatic carbocycles. The number of esters is 1. The summed E-state index contributed by atoms with van der Waals surface area (Å²) >= 11 is 0. The summed E-state index contributed by atoms with van der Waals surface area (Å²) in [5, 5.41) is 4.49. The molecule has 0 saturated heterocycles. The zero-order valence-electron chi connectivity index (χ0n) is 11.0. The Morgan fingerprint density at radius 2 is 1.48 bits per heavy atom. The second-order valence-electron chi connectivity index (χ2n) is 4.17. The average Bonchev–Trinajstić information content (AvgIpc) is 2.47. The maximum Gasteiger partial charge on any atom is 0.344 e. The maximum atomic E-state index is 11.9. The Morgan fingerprint density at radius 3 is 2.00 bits per heavy atom. The predicted octanol–water partition coefficient (Wildman–Crippen LogP) is 2.13. The zero-order valence-corrected chi connectivity index (χ0v) is 11.8. The number of carbonyl (C=O) groups excluding carboxylic acids is 1. The molecule has 0 saturated carbocycles. The standard InChI is InChI=1S/C15H13NO4S/c16-21(18,19)14(11-12-7-3-1-4-8-12)20-15(17)13-9-5-2-6-10-13/h1-11H,(H2,16,18,19)/b14-11+. The molecule has 2 aromatic carbocycles. The molecule has 0 amide bonds. The van der Waals surface area contributed by atoms with Gasteiger partial charge in [0.1, 0.15) is 0 Å². The number of hydrogen-bond donors (Lipinski definition) is 1. The Bertz CT molecular complexity index is 753. The maximum absolute atomic E-state index is 11.9. The summed E-state index contributed by atoms with van der Waals surface area (Å²) in [5.41, 5.74) is 0.794. The minimum absolute atomic E-state index is 0.236. The molecule has 0 spiro atoms. The van der Waals surface area contributed by atoms with Crippen molar-refractivity contribution < 1.29 is 17.9 Å². The number of benzene rings is 2. The van der Waals surface area contributed by atoms with E-state index in [1.807, 2.05) is 0 Å². The van der Waals surface area contributed by atoms with Crippen LogP contribution in [-0.2, 0) is 14.8 Å². The average molecular weight is 303 g/mol. The first-order valence-electron chi connectivity index (χ1n) is 6.03. The van der Waals surface area contributed by atoms with E-state index < -0.39 is 21.1 Å². The van der Waals surface area contributed by atoms with Crippen molar-refractivity contribution in [2.45, 2.75) is 0 Å². The molecule has 2 aromatic rings. The molecule has 0 heterocycles. The smallest absolute Gasteiger partial charge is 0.344 e. The van der Waals surface area contributed by atoms with Crippen LogP contribution in [0.2, 0.25) is 0 Å². The molecular formula is C15H13NO4S.